The highest BCUT2D eigenvalue weighted by molar-refractivity contribution is 5.91. The molecule has 1 spiro atoms. The number of nitriles is 1. The first-order valence-electron chi connectivity index (χ1n) is 13.3. The Morgan fingerprint density at radius 3 is 2.54 bits per heavy atom. The molecule has 2 aliphatic carbocycles. The Morgan fingerprint density at radius 1 is 1.19 bits per heavy atom. The third-order valence-corrected chi connectivity index (χ3v) is 8.94. The van der Waals surface area contributed by atoms with Crippen LogP contribution in [0.15, 0.2) is 42.6 Å². The van der Waals surface area contributed by atoms with Crippen molar-refractivity contribution in [3.05, 3.63) is 54.0 Å². The van der Waals surface area contributed by atoms with Crippen LogP contribution in [0.1, 0.15) is 56.3 Å². The highest BCUT2D eigenvalue weighted by Crippen LogP contribution is 2.50. The molecule has 2 aromatic rings. The van der Waals surface area contributed by atoms with Gasteiger partial charge in [-0.1, -0.05) is 36.8 Å². The van der Waals surface area contributed by atoms with Gasteiger partial charge in [-0.2, -0.15) is 5.26 Å². The monoisotopic (exact) mass is 503 g/mol. The zero-order valence-corrected chi connectivity index (χ0v) is 21.8. The molecule has 9 nitrogen and oxygen atoms in total. The lowest BCUT2D eigenvalue weighted by atomic mass is 9.68. The number of benzene rings is 1. The third kappa shape index (κ3) is 4.99. The fourth-order valence-corrected chi connectivity index (χ4v) is 6.54. The molecule has 1 aromatic heterocycles. The fraction of sp³-hybridized carbons (Fsp3) is 0.571. The van der Waals surface area contributed by atoms with Gasteiger partial charge < -0.3 is 10.4 Å². The molecule has 196 valence electrons. The van der Waals surface area contributed by atoms with E-state index in [1.165, 1.54) is 31.0 Å². The van der Waals surface area contributed by atoms with E-state index in [1.54, 1.807) is 6.07 Å². The number of carbonyl (C=O) groups is 1. The van der Waals surface area contributed by atoms with Crippen molar-refractivity contribution in [1.82, 2.24) is 24.7 Å². The summed E-state index contributed by atoms with van der Waals surface area (Å²) < 4.78 is 0. The number of aliphatic hydroxyl groups is 1. The average molecular weight is 504 g/mol. The maximum absolute atomic E-state index is 12.9. The van der Waals surface area contributed by atoms with Gasteiger partial charge in [0.1, 0.15) is 11.9 Å². The van der Waals surface area contributed by atoms with Gasteiger partial charge in [0.25, 0.3) is 0 Å². The van der Waals surface area contributed by atoms with Gasteiger partial charge in [0.05, 0.1) is 6.54 Å². The van der Waals surface area contributed by atoms with Crippen molar-refractivity contribution in [1.29, 1.82) is 5.26 Å². The summed E-state index contributed by atoms with van der Waals surface area (Å²) in [5, 5.41) is 23.3. The minimum Gasteiger partial charge on any atom is -0.365 e. The largest absolute Gasteiger partial charge is 0.365 e. The van der Waals surface area contributed by atoms with Crippen molar-refractivity contribution in [2.75, 3.05) is 39.0 Å². The number of aliphatic hydroxyl groups excluding tert-OH is 1. The van der Waals surface area contributed by atoms with Crippen LogP contribution < -0.4 is 5.32 Å². The number of amides is 1. The molecular formula is C28H37N7O2. The molecule has 0 radical (unpaired) electrons. The summed E-state index contributed by atoms with van der Waals surface area (Å²) in [4.78, 5) is 27.4. The van der Waals surface area contributed by atoms with Crippen LogP contribution in [0.4, 0.5) is 5.82 Å². The van der Waals surface area contributed by atoms with Crippen LogP contribution in [0.2, 0.25) is 0 Å². The summed E-state index contributed by atoms with van der Waals surface area (Å²) in [6, 6.07) is 14.2. The van der Waals surface area contributed by atoms with Crippen LogP contribution in [-0.2, 0) is 10.3 Å². The Kier molecular flexibility index (Phi) is 7.28. The van der Waals surface area contributed by atoms with Gasteiger partial charge in [-0.15, -0.1) is 0 Å². The standard InChI is InChI=1S/C28H37N7O2/c1-33(2)28(22-9-4-3-5-10-22)14-12-27(13-15-28)20-34(26(37)35(27)18-21-7-6-8-21)19-25(36)32-23-11-16-30-24(17-29)31-23/h3-5,9-11,16,21,26,37H,6-8,12-15,18-20H2,1-2H3,(H,30,31,32,36)/t26?,27-,28+. The van der Waals surface area contributed by atoms with E-state index in [1.807, 2.05) is 11.0 Å². The molecule has 1 amide bonds. The Bertz CT molecular complexity index is 1140. The summed E-state index contributed by atoms with van der Waals surface area (Å²) in [5.74, 6) is 0.655. The van der Waals surface area contributed by atoms with Crippen molar-refractivity contribution in [2.45, 2.75) is 62.4 Å². The Morgan fingerprint density at radius 2 is 1.92 bits per heavy atom. The molecule has 37 heavy (non-hydrogen) atoms. The van der Waals surface area contributed by atoms with Crippen molar-refractivity contribution in [2.24, 2.45) is 5.92 Å². The maximum atomic E-state index is 12.9. The molecule has 2 heterocycles. The number of nitrogens with one attached hydrogen (secondary N) is 1. The second-order valence-electron chi connectivity index (χ2n) is 11.1. The van der Waals surface area contributed by atoms with Crippen molar-refractivity contribution in [3.63, 3.8) is 0 Å². The van der Waals surface area contributed by atoms with E-state index < -0.39 is 6.35 Å². The Balaban J connectivity index is 1.33. The second kappa shape index (κ2) is 10.5. The van der Waals surface area contributed by atoms with E-state index in [0.717, 1.165) is 32.2 Å². The van der Waals surface area contributed by atoms with Crippen LogP contribution in [0.25, 0.3) is 0 Å². The normalized spacial score (nSPS) is 28.8. The molecule has 9 heteroatoms. The summed E-state index contributed by atoms with van der Waals surface area (Å²) >= 11 is 0. The molecule has 1 aliphatic heterocycles. The van der Waals surface area contributed by atoms with E-state index >= 15 is 0 Å². The van der Waals surface area contributed by atoms with E-state index in [0.29, 0.717) is 18.3 Å². The predicted octanol–water partition coefficient (Wildman–Crippen LogP) is 2.75. The number of aromatic nitrogens is 2. The zero-order valence-electron chi connectivity index (χ0n) is 21.8. The van der Waals surface area contributed by atoms with Gasteiger partial charge in [0.2, 0.25) is 11.7 Å². The lowest BCUT2D eigenvalue weighted by Crippen LogP contribution is -2.57. The summed E-state index contributed by atoms with van der Waals surface area (Å²) in [6.07, 6.45) is 8.24. The van der Waals surface area contributed by atoms with Crippen molar-refractivity contribution < 1.29 is 9.90 Å². The van der Waals surface area contributed by atoms with Crippen LogP contribution in [0.5, 0.6) is 0 Å². The molecule has 2 saturated carbocycles. The average Bonchev–Trinajstić information content (AvgIpc) is 3.12. The van der Waals surface area contributed by atoms with E-state index in [2.05, 4.69) is 69.5 Å². The maximum Gasteiger partial charge on any atom is 0.239 e. The van der Waals surface area contributed by atoms with E-state index in [4.69, 9.17) is 5.26 Å². The SMILES string of the molecule is CN(C)[C@]1(c2ccccc2)CC[C@]2(CC1)CN(CC(=O)Nc1ccnc(C#N)n1)C(O)N2CC1CCC1. The fourth-order valence-electron chi connectivity index (χ4n) is 6.54. The van der Waals surface area contributed by atoms with E-state index in [-0.39, 0.29) is 29.4 Å². The first kappa shape index (κ1) is 25.7. The first-order chi connectivity index (χ1) is 17.8. The molecule has 3 fully saturated rings. The van der Waals surface area contributed by atoms with Crippen molar-refractivity contribution >= 4 is 11.7 Å². The topological polar surface area (TPSA) is 109 Å². The molecule has 1 saturated heterocycles. The quantitative estimate of drug-likeness (QED) is 0.594. The first-order valence-corrected chi connectivity index (χ1v) is 13.3. The highest BCUT2D eigenvalue weighted by Gasteiger charge is 2.55. The lowest BCUT2D eigenvalue weighted by Gasteiger charge is -2.52. The molecule has 0 bridgehead atoms. The Hall–Kier alpha value is -2.90. The smallest absolute Gasteiger partial charge is 0.239 e. The minimum atomic E-state index is -0.796. The van der Waals surface area contributed by atoms with Gasteiger partial charge in [-0.25, -0.2) is 9.97 Å². The zero-order chi connectivity index (χ0) is 26.0. The van der Waals surface area contributed by atoms with Gasteiger partial charge in [0, 0.05) is 30.4 Å². The predicted molar refractivity (Wildman–Crippen MR) is 140 cm³/mol. The number of rotatable bonds is 7. The Labute approximate surface area is 219 Å². The lowest BCUT2D eigenvalue weighted by molar-refractivity contribution is -0.126. The number of hydrogen-bond donors (Lipinski definition) is 2. The molecule has 3 aliphatic rings. The summed E-state index contributed by atoms with van der Waals surface area (Å²) in [5.41, 5.74) is 1.15. The molecule has 1 aromatic carbocycles. The molecule has 1 atom stereocenters. The molecule has 5 rings (SSSR count). The van der Waals surface area contributed by atoms with Gasteiger partial charge in [-0.05, 0) is 70.2 Å². The van der Waals surface area contributed by atoms with Gasteiger partial charge >= 0.3 is 0 Å². The van der Waals surface area contributed by atoms with Crippen LogP contribution in [0.3, 0.4) is 0 Å². The summed E-state index contributed by atoms with van der Waals surface area (Å²) in [7, 11) is 4.34. The second-order valence-corrected chi connectivity index (χ2v) is 11.1. The van der Waals surface area contributed by atoms with Crippen molar-refractivity contribution in [3.8, 4) is 6.07 Å². The third-order valence-electron chi connectivity index (χ3n) is 8.94. The van der Waals surface area contributed by atoms with Gasteiger partial charge in [-0.3, -0.25) is 19.5 Å². The van der Waals surface area contributed by atoms with Gasteiger partial charge in [0.15, 0.2) is 6.35 Å². The van der Waals surface area contributed by atoms with Crippen LogP contribution >= 0.6 is 0 Å². The highest BCUT2D eigenvalue weighted by atomic mass is 16.3. The number of hydrogen-bond acceptors (Lipinski definition) is 8. The summed E-state index contributed by atoms with van der Waals surface area (Å²) in [6.45, 7) is 1.59. The molecule has 1 unspecified atom stereocenters. The number of nitrogens with zero attached hydrogens (tertiary/aromatic N) is 6. The minimum absolute atomic E-state index is 0.00892. The van der Waals surface area contributed by atoms with Crippen LogP contribution in [0, 0.1) is 17.2 Å². The number of carbonyl (C=O) groups excluding carboxylic acids is 1. The van der Waals surface area contributed by atoms with Crippen LogP contribution in [-0.4, -0.2) is 81.3 Å². The van der Waals surface area contributed by atoms with E-state index in [9.17, 15) is 9.90 Å². The molecular weight excluding hydrogens is 466 g/mol. The number of anilines is 1. The molecule has 2 N–H and O–H groups in total.